The topological polar surface area (TPSA) is 106 Å². The van der Waals surface area contributed by atoms with Crippen LogP contribution < -0.4 is 10.9 Å². The van der Waals surface area contributed by atoms with Gasteiger partial charge in [-0.3, -0.25) is 9.59 Å². The van der Waals surface area contributed by atoms with Gasteiger partial charge in [-0.1, -0.05) is 49.3 Å². The van der Waals surface area contributed by atoms with Crippen molar-refractivity contribution in [2.24, 2.45) is 5.92 Å². The summed E-state index contributed by atoms with van der Waals surface area (Å²) in [6.07, 6.45) is 0.710. The van der Waals surface area contributed by atoms with E-state index in [1.807, 2.05) is 29.7 Å². The molecule has 0 unspecified atom stereocenters. The zero-order chi connectivity index (χ0) is 24.9. The zero-order valence-electron chi connectivity index (χ0n) is 19.8. The Morgan fingerprint density at radius 1 is 1.14 bits per heavy atom. The number of halogens is 1. The second-order valence-electron chi connectivity index (χ2n) is 8.57. The fourth-order valence-electron chi connectivity index (χ4n) is 3.84. The van der Waals surface area contributed by atoms with Crippen molar-refractivity contribution < 1.29 is 4.79 Å². The molecule has 0 saturated carbocycles. The van der Waals surface area contributed by atoms with Gasteiger partial charge in [-0.2, -0.15) is 0 Å². The average Bonchev–Trinajstić information content (AvgIpc) is 3.25. The van der Waals surface area contributed by atoms with E-state index in [0.29, 0.717) is 62.9 Å². The molecule has 0 aliphatic carbocycles. The molecule has 10 heteroatoms. The Balaban J connectivity index is 1.55. The highest BCUT2D eigenvalue weighted by Gasteiger charge is 2.24. The van der Waals surface area contributed by atoms with Gasteiger partial charge in [0.05, 0.1) is 22.7 Å². The molecule has 0 saturated heterocycles. The molecule has 0 radical (unpaired) electrons. The Labute approximate surface area is 212 Å². The minimum absolute atomic E-state index is 0.161. The fraction of sp³-hybridized carbons (Fsp3) is 0.320. The van der Waals surface area contributed by atoms with Gasteiger partial charge < -0.3 is 14.9 Å². The smallest absolute Gasteiger partial charge is 0.258 e. The van der Waals surface area contributed by atoms with Gasteiger partial charge in [0.2, 0.25) is 0 Å². The predicted molar refractivity (Wildman–Crippen MR) is 139 cm³/mol. The van der Waals surface area contributed by atoms with E-state index in [1.165, 1.54) is 11.8 Å². The number of thioether (sulfide) groups is 1. The molecule has 4 rings (SSSR count). The van der Waals surface area contributed by atoms with E-state index in [-0.39, 0.29) is 17.5 Å². The standard InChI is InChI=1S/C25H27ClN6O2S/c1-4-32-22(20(13-15(2)3)28-23(33)16-9-11-17(26)12-10-16)30-31-25(32)35-14-21-27-19-8-6-5-7-18(19)24(34)29-21/h5-12,15,20H,4,13-14H2,1-3H3,(H,28,33)(H,27,29,34)/t20-/m1/s1. The number of carbonyl (C=O) groups excluding carboxylic acids is 1. The van der Waals surface area contributed by atoms with E-state index in [4.69, 9.17) is 11.6 Å². The predicted octanol–water partition coefficient (Wildman–Crippen LogP) is 5.00. The van der Waals surface area contributed by atoms with E-state index in [1.54, 1.807) is 30.3 Å². The summed E-state index contributed by atoms with van der Waals surface area (Å²) in [6, 6.07) is 13.7. The number of H-pyrrole nitrogens is 1. The molecule has 1 atom stereocenters. The molecule has 8 nitrogen and oxygen atoms in total. The third kappa shape index (κ3) is 5.91. The van der Waals surface area contributed by atoms with Gasteiger partial charge in [0.25, 0.3) is 11.5 Å². The van der Waals surface area contributed by atoms with Crippen LogP contribution in [0.5, 0.6) is 0 Å². The Morgan fingerprint density at radius 3 is 2.60 bits per heavy atom. The Kier molecular flexibility index (Phi) is 7.87. The molecule has 2 N–H and O–H groups in total. The monoisotopic (exact) mass is 510 g/mol. The van der Waals surface area contributed by atoms with Crippen LogP contribution >= 0.6 is 23.4 Å². The van der Waals surface area contributed by atoms with Gasteiger partial charge in [-0.25, -0.2) is 4.98 Å². The number of hydrogen-bond acceptors (Lipinski definition) is 6. The summed E-state index contributed by atoms with van der Waals surface area (Å²) in [5.41, 5.74) is 1.03. The van der Waals surface area contributed by atoms with Crippen molar-refractivity contribution in [2.75, 3.05) is 0 Å². The first-order valence-electron chi connectivity index (χ1n) is 11.5. The highest BCUT2D eigenvalue weighted by Crippen LogP contribution is 2.27. The molecular weight excluding hydrogens is 484 g/mol. The van der Waals surface area contributed by atoms with Gasteiger partial charge >= 0.3 is 0 Å². The maximum Gasteiger partial charge on any atom is 0.258 e. The molecule has 2 aromatic carbocycles. The largest absolute Gasteiger partial charge is 0.342 e. The molecule has 2 heterocycles. The number of fused-ring (bicyclic) bond motifs is 1. The van der Waals surface area contributed by atoms with E-state index in [9.17, 15) is 9.59 Å². The summed E-state index contributed by atoms with van der Waals surface area (Å²) in [4.78, 5) is 32.7. The zero-order valence-corrected chi connectivity index (χ0v) is 21.4. The molecule has 4 aromatic rings. The first-order valence-corrected chi connectivity index (χ1v) is 12.8. The summed E-state index contributed by atoms with van der Waals surface area (Å²) in [5, 5.41) is 13.8. The molecule has 2 aromatic heterocycles. The first kappa shape index (κ1) is 24.9. The summed E-state index contributed by atoms with van der Waals surface area (Å²) in [6.45, 7) is 6.86. The van der Waals surface area contributed by atoms with E-state index in [0.717, 1.165) is 0 Å². The number of hydrogen-bond donors (Lipinski definition) is 2. The van der Waals surface area contributed by atoms with Gasteiger partial charge in [0.1, 0.15) is 5.82 Å². The molecule has 0 bridgehead atoms. The highest BCUT2D eigenvalue weighted by molar-refractivity contribution is 7.98. The lowest BCUT2D eigenvalue weighted by Crippen LogP contribution is -2.31. The van der Waals surface area contributed by atoms with Crippen molar-refractivity contribution in [3.8, 4) is 0 Å². The van der Waals surface area contributed by atoms with Crippen molar-refractivity contribution in [2.45, 2.75) is 50.7 Å². The second-order valence-corrected chi connectivity index (χ2v) is 9.94. The second kappa shape index (κ2) is 11.0. The molecular formula is C25H27ClN6O2S. The van der Waals surface area contributed by atoms with Crippen molar-refractivity contribution in [1.29, 1.82) is 0 Å². The SMILES string of the molecule is CCn1c(SCc2nc3ccccc3c(=O)[nH]2)nnc1[C@@H](CC(C)C)NC(=O)c1ccc(Cl)cc1. The quantitative estimate of drug-likeness (QED) is 0.307. The number of carbonyl (C=O) groups is 1. The summed E-state index contributed by atoms with van der Waals surface area (Å²) < 4.78 is 2.00. The van der Waals surface area contributed by atoms with Crippen LogP contribution in [0.25, 0.3) is 10.9 Å². The van der Waals surface area contributed by atoms with E-state index in [2.05, 4.69) is 39.3 Å². The number of rotatable bonds is 9. The average molecular weight is 511 g/mol. The number of aromatic amines is 1. The minimum atomic E-state index is -0.307. The van der Waals surface area contributed by atoms with Crippen LogP contribution in [-0.2, 0) is 12.3 Å². The minimum Gasteiger partial charge on any atom is -0.342 e. The number of nitrogens with zero attached hydrogens (tertiary/aromatic N) is 4. The number of benzene rings is 2. The summed E-state index contributed by atoms with van der Waals surface area (Å²) >= 11 is 7.41. The van der Waals surface area contributed by atoms with Crippen LogP contribution in [0, 0.1) is 5.92 Å². The van der Waals surface area contributed by atoms with Crippen LogP contribution in [0.15, 0.2) is 58.5 Å². The number of para-hydroxylation sites is 1. The third-order valence-electron chi connectivity index (χ3n) is 5.49. The van der Waals surface area contributed by atoms with Gasteiger partial charge in [0.15, 0.2) is 11.0 Å². The molecule has 1 amide bonds. The van der Waals surface area contributed by atoms with Crippen molar-refractivity contribution in [1.82, 2.24) is 30.0 Å². The highest BCUT2D eigenvalue weighted by atomic mass is 35.5. The van der Waals surface area contributed by atoms with Crippen molar-refractivity contribution >= 4 is 40.2 Å². The van der Waals surface area contributed by atoms with E-state index < -0.39 is 0 Å². The molecule has 0 spiro atoms. The normalized spacial score (nSPS) is 12.3. The lowest BCUT2D eigenvalue weighted by Gasteiger charge is -2.21. The number of amides is 1. The van der Waals surface area contributed by atoms with Crippen LogP contribution in [0.1, 0.15) is 55.2 Å². The van der Waals surface area contributed by atoms with Crippen LogP contribution in [-0.4, -0.2) is 30.6 Å². The number of nitrogens with one attached hydrogen (secondary N) is 2. The molecule has 182 valence electrons. The Bertz CT molecular complexity index is 1380. The summed E-state index contributed by atoms with van der Waals surface area (Å²) in [5.74, 6) is 1.84. The van der Waals surface area contributed by atoms with Crippen LogP contribution in [0.4, 0.5) is 0 Å². The lowest BCUT2D eigenvalue weighted by molar-refractivity contribution is 0.0929. The van der Waals surface area contributed by atoms with Crippen molar-refractivity contribution in [3.63, 3.8) is 0 Å². The van der Waals surface area contributed by atoms with E-state index >= 15 is 0 Å². The Hall–Kier alpha value is -3.17. The maximum atomic E-state index is 12.9. The third-order valence-corrected chi connectivity index (χ3v) is 6.72. The summed E-state index contributed by atoms with van der Waals surface area (Å²) in [7, 11) is 0. The lowest BCUT2D eigenvalue weighted by atomic mass is 10.0. The molecule has 0 fully saturated rings. The Morgan fingerprint density at radius 2 is 1.89 bits per heavy atom. The van der Waals surface area contributed by atoms with Crippen molar-refractivity contribution in [3.05, 3.63) is 81.1 Å². The van der Waals surface area contributed by atoms with Crippen LogP contribution in [0.2, 0.25) is 5.02 Å². The molecule has 35 heavy (non-hydrogen) atoms. The van der Waals surface area contributed by atoms with Gasteiger partial charge in [0, 0.05) is 17.1 Å². The van der Waals surface area contributed by atoms with Gasteiger partial charge in [-0.05, 0) is 55.7 Å². The van der Waals surface area contributed by atoms with Crippen LogP contribution in [0.3, 0.4) is 0 Å². The first-order chi connectivity index (χ1) is 16.9. The van der Waals surface area contributed by atoms with Gasteiger partial charge in [-0.15, -0.1) is 10.2 Å². The maximum absolute atomic E-state index is 12.9. The fourth-order valence-corrected chi connectivity index (χ4v) is 4.85. The molecule has 0 aliphatic rings. The molecule has 0 aliphatic heterocycles. The number of aromatic nitrogens is 5.